The highest BCUT2D eigenvalue weighted by atomic mass is 16.7. The number of carbonyl (C=O) groups excluding carboxylic acids is 1. The molecule has 0 bridgehead atoms. The lowest BCUT2D eigenvalue weighted by atomic mass is 9.78. The maximum absolute atomic E-state index is 12.8. The van der Waals surface area contributed by atoms with E-state index in [1.165, 1.54) is 0 Å². The lowest BCUT2D eigenvalue weighted by Crippen LogP contribution is -2.45. The molecule has 0 N–H and O–H groups in total. The molecule has 0 spiro atoms. The van der Waals surface area contributed by atoms with Crippen molar-refractivity contribution in [2.75, 3.05) is 26.8 Å². The predicted octanol–water partition coefficient (Wildman–Crippen LogP) is 1.78. The highest BCUT2D eigenvalue weighted by molar-refractivity contribution is 6.62. The molecular formula is C20H30BNO5. The number of amides is 1. The summed E-state index contributed by atoms with van der Waals surface area (Å²) < 4.78 is 23.3. The lowest BCUT2D eigenvalue weighted by Gasteiger charge is -2.32. The van der Waals surface area contributed by atoms with Gasteiger partial charge in [-0.2, -0.15) is 0 Å². The number of nitrogens with zero attached hydrogens (tertiary/aromatic N) is 1. The molecule has 1 amide bonds. The van der Waals surface area contributed by atoms with Crippen LogP contribution in [-0.2, 0) is 25.3 Å². The van der Waals surface area contributed by atoms with E-state index in [0.717, 1.165) is 11.0 Å². The van der Waals surface area contributed by atoms with Gasteiger partial charge in [0.1, 0.15) is 5.75 Å². The molecule has 7 heteroatoms. The minimum Gasteiger partial charge on any atom is -0.496 e. The maximum atomic E-state index is 12.8. The summed E-state index contributed by atoms with van der Waals surface area (Å²) in [7, 11) is 1.16. The summed E-state index contributed by atoms with van der Waals surface area (Å²) in [5.74, 6) is 0.777. The van der Waals surface area contributed by atoms with Crippen LogP contribution in [0.15, 0.2) is 18.2 Å². The van der Waals surface area contributed by atoms with Gasteiger partial charge in [-0.25, -0.2) is 0 Å². The van der Waals surface area contributed by atoms with Crippen molar-refractivity contribution in [3.05, 3.63) is 23.8 Å². The number of rotatable bonds is 4. The summed E-state index contributed by atoms with van der Waals surface area (Å²) in [6.07, 6.45) is 0.351. The third-order valence-corrected chi connectivity index (χ3v) is 5.77. The third kappa shape index (κ3) is 4.15. The van der Waals surface area contributed by atoms with Crippen molar-refractivity contribution in [1.29, 1.82) is 0 Å². The second kappa shape index (κ2) is 7.45. The molecular weight excluding hydrogens is 345 g/mol. The van der Waals surface area contributed by atoms with Crippen LogP contribution in [0, 0.1) is 0 Å². The Morgan fingerprint density at radius 1 is 1.26 bits per heavy atom. The van der Waals surface area contributed by atoms with Crippen molar-refractivity contribution in [2.45, 2.75) is 58.3 Å². The Labute approximate surface area is 162 Å². The maximum Gasteiger partial charge on any atom is 0.494 e. The fourth-order valence-corrected chi connectivity index (χ4v) is 3.38. The number of hydrogen-bond donors (Lipinski definition) is 0. The van der Waals surface area contributed by atoms with Crippen molar-refractivity contribution in [2.24, 2.45) is 0 Å². The van der Waals surface area contributed by atoms with Crippen LogP contribution in [0.3, 0.4) is 0 Å². The van der Waals surface area contributed by atoms with Crippen molar-refractivity contribution >= 4 is 18.5 Å². The van der Waals surface area contributed by atoms with Crippen LogP contribution in [0.25, 0.3) is 0 Å². The quantitative estimate of drug-likeness (QED) is 0.751. The smallest absolute Gasteiger partial charge is 0.494 e. The van der Waals surface area contributed by atoms with Gasteiger partial charge in [-0.3, -0.25) is 4.79 Å². The Hall–Kier alpha value is -1.57. The Kier molecular flexibility index (Phi) is 5.57. The topological polar surface area (TPSA) is 57.2 Å². The number of ether oxygens (including phenoxy) is 2. The van der Waals surface area contributed by atoms with Gasteiger partial charge in [0.25, 0.3) is 0 Å². The first-order valence-electron chi connectivity index (χ1n) is 9.55. The standard InChI is InChI=1S/C20H30BNO5/c1-14-13-22(9-10-25-14)18(23)12-15-11-16(7-8-17(15)24-6)21-26-19(2,3)20(4,5)27-21/h7-8,11,14H,9-10,12-13H2,1-6H3/t14-/m0/s1. The normalized spacial score (nSPS) is 24.1. The van der Waals surface area contributed by atoms with Gasteiger partial charge in [0.05, 0.1) is 37.4 Å². The largest absolute Gasteiger partial charge is 0.496 e. The van der Waals surface area contributed by atoms with Crippen LogP contribution in [0.2, 0.25) is 0 Å². The van der Waals surface area contributed by atoms with Gasteiger partial charge in [-0.15, -0.1) is 0 Å². The molecule has 27 heavy (non-hydrogen) atoms. The Morgan fingerprint density at radius 3 is 2.52 bits per heavy atom. The monoisotopic (exact) mass is 375 g/mol. The van der Waals surface area contributed by atoms with Gasteiger partial charge in [-0.05, 0) is 46.1 Å². The van der Waals surface area contributed by atoms with Crippen LogP contribution in [0.1, 0.15) is 40.2 Å². The lowest BCUT2D eigenvalue weighted by molar-refractivity contribution is -0.137. The van der Waals surface area contributed by atoms with Crippen LogP contribution < -0.4 is 10.2 Å². The number of benzene rings is 1. The third-order valence-electron chi connectivity index (χ3n) is 5.77. The van der Waals surface area contributed by atoms with Crippen LogP contribution in [-0.4, -0.2) is 62.0 Å². The average Bonchev–Trinajstić information content (AvgIpc) is 2.82. The average molecular weight is 375 g/mol. The summed E-state index contributed by atoms with van der Waals surface area (Å²) in [6.45, 7) is 11.9. The molecule has 0 aromatic heterocycles. The second-order valence-corrected chi connectivity index (χ2v) is 8.36. The Balaban J connectivity index is 1.79. The molecule has 2 saturated heterocycles. The molecule has 0 saturated carbocycles. The fourth-order valence-electron chi connectivity index (χ4n) is 3.38. The molecule has 0 aliphatic carbocycles. The zero-order valence-electron chi connectivity index (χ0n) is 17.2. The Morgan fingerprint density at radius 2 is 1.93 bits per heavy atom. The summed E-state index contributed by atoms with van der Waals surface area (Å²) >= 11 is 0. The summed E-state index contributed by atoms with van der Waals surface area (Å²) in [5.41, 5.74) is 0.927. The van der Waals surface area contributed by atoms with Crippen molar-refractivity contribution in [1.82, 2.24) is 4.90 Å². The highest BCUT2D eigenvalue weighted by Gasteiger charge is 2.51. The molecule has 1 aromatic carbocycles. The van der Waals surface area contributed by atoms with E-state index in [4.69, 9.17) is 18.8 Å². The summed E-state index contributed by atoms with van der Waals surface area (Å²) in [5, 5.41) is 0. The van der Waals surface area contributed by atoms with Gasteiger partial charge < -0.3 is 23.7 Å². The first-order valence-corrected chi connectivity index (χ1v) is 9.55. The molecule has 2 aliphatic rings. The second-order valence-electron chi connectivity index (χ2n) is 8.36. The van der Waals surface area contributed by atoms with E-state index < -0.39 is 18.3 Å². The SMILES string of the molecule is COc1ccc(B2OC(C)(C)C(C)(C)O2)cc1CC(=O)N1CCO[C@@H](C)C1. The van der Waals surface area contributed by atoms with Crippen molar-refractivity contribution in [3.63, 3.8) is 0 Å². The molecule has 0 unspecified atom stereocenters. The van der Waals surface area contributed by atoms with E-state index in [1.54, 1.807) is 7.11 Å². The van der Waals surface area contributed by atoms with Crippen molar-refractivity contribution in [3.8, 4) is 5.75 Å². The van der Waals surface area contributed by atoms with Crippen LogP contribution in [0.5, 0.6) is 5.75 Å². The number of methoxy groups -OCH3 is 1. The zero-order valence-corrected chi connectivity index (χ0v) is 17.2. The number of morpholine rings is 1. The van der Waals surface area contributed by atoms with Crippen molar-refractivity contribution < 1.29 is 23.6 Å². The minimum absolute atomic E-state index is 0.0701. The van der Waals surface area contributed by atoms with E-state index >= 15 is 0 Å². The molecule has 1 aromatic rings. The van der Waals surface area contributed by atoms with Gasteiger partial charge >= 0.3 is 7.12 Å². The van der Waals surface area contributed by atoms with Gasteiger partial charge in [0.2, 0.25) is 5.91 Å². The van der Waals surface area contributed by atoms with E-state index in [9.17, 15) is 4.79 Å². The molecule has 3 rings (SSSR count). The molecule has 2 fully saturated rings. The van der Waals surface area contributed by atoms with Gasteiger partial charge in [0, 0.05) is 18.7 Å². The molecule has 2 aliphatic heterocycles. The highest BCUT2D eigenvalue weighted by Crippen LogP contribution is 2.36. The van der Waals surface area contributed by atoms with E-state index in [2.05, 4.69) is 0 Å². The predicted molar refractivity (Wildman–Crippen MR) is 104 cm³/mol. The molecule has 148 valence electrons. The first kappa shape index (κ1) is 20.2. The molecule has 2 heterocycles. The van der Waals surface area contributed by atoms with Gasteiger partial charge in [-0.1, -0.05) is 12.1 Å². The van der Waals surface area contributed by atoms with E-state index in [1.807, 2.05) is 57.7 Å². The Bertz CT molecular complexity index is 690. The summed E-state index contributed by atoms with van der Waals surface area (Å²) in [6, 6.07) is 5.78. The number of hydrogen-bond acceptors (Lipinski definition) is 5. The van der Waals surface area contributed by atoms with E-state index in [0.29, 0.717) is 25.4 Å². The van der Waals surface area contributed by atoms with E-state index in [-0.39, 0.29) is 18.4 Å². The van der Waals surface area contributed by atoms with Crippen LogP contribution in [0.4, 0.5) is 0 Å². The zero-order chi connectivity index (χ0) is 19.8. The van der Waals surface area contributed by atoms with Crippen LogP contribution >= 0.6 is 0 Å². The fraction of sp³-hybridized carbons (Fsp3) is 0.650. The summed E-state index contributed by atoms with van der Waals surface area (Å²) in [4.78, 5) is 14.6. The number of carbonyl (C=O) groups is 1. The molecule has 6 nitrogen and oxygen atoms in total. The first-order chi connectivity index (χ1) is 12.6. The molecule has 1 atom stereocenters. The van der Waals surface area contributed by atoms with Gasteiger partial charge in [0.15, 0.2) is 0 Å². The molecule has 0 radical (unpaired) electrons. The minimum atomic E-state index is -0.460.